The summed E-state index contributed by atoms with van der Waals surface area (Å²) in [7, 11) is 1.64. The molecule has 1 aromatic carbocycles. The molecule has 0 fully saturated rings. The maximum absolute atomic E-state index is 11.9. The number of anilines is 1. The van der Waals surface area contributed by atoms with Crippen LogP contribution in [0, 0.1) is 0 Å². The fraction of sp³-hybridized carbons (Fsp3) is 0.533. The lowest BCUT2D eigenvalue weighted by molar-refractivity contribution is -0.122. The van der Waals surface area contributed by atoms with Crippen molar-refractivity contribution in [3.05, 3.63) is 29.8 Å². The summed E-state index contributed by atoms with van der Waals surface area (Å²) < 4.78 is 5.26. The third-order valence-corrected chi connectivity index (χ3v) is 3.26. The molecule has 1 atom stereocenters. The number of hydrogen-bond acceptors (Lipinski definition) is 3. The minimum atomic E-state index is -0.333. The minimum absolute atomic E-state index is 0.0365. The fourth-order valence-corrected chi connectivity index (χ4v) is 1.68. The highest BCUT2D eigenvalue weighted by molar-refractivity contribution is 5.76. The highest BCUT2D eigenvalue weighted by Gasteiger charge is 2.18. The molecule has 4 nitrogen and oxygen atoms in total. The normalized spacial score (nSPS) is 13.1. The van der Waals surface area contributed by atoms with Gasteiger partial charge in [0, 0.05) is 25.8 Å². The first kappa shape index (κ1) is 15.5. The third kappa shape index (κ3) is 5.30. The van der Waals surface area contributed by atoms with Gasteiger partial charge in [0.1, 0.15) is 0 Å². The van der Waals surface area contributed by atoms with Crippen molar-refractivity contribution >= 4 is 11.6 Å². The summed E-state index contributed by atoms with van der Waals surface area (Å²) in [5, 5.41) is 2.90. The first-order chi connectivity index (χ1) is 8.84. The van der Waals surface area contributed by atoms with E-state index in [0.717, 1.165) is 11.3 Å². The third-order valence-electron chi connectivity index (χ3n) is 3.26. The van der Waals surface area contributed by atoms with Gasteiger partial charge in [0.05, 0.1) is 5.60 Å². The lowest BCUT2D eigenvalue weighted by Gasteiger charge is -2.23. The number of ether oxygens (including phenoxy) is 1. The van der Waals surface area contributed by atoms with Crippen molar-refractivity contribution in [2.24, 2.45) is 0 Å². The van der Waals surface area contributed by atoms with Crippen molar-refractivity contribution in [2.75, 3.05) is 19.4 Å². The number of nitrogens with one attached hydrogen (secondary N) is 1. The fourth-order valence-electron chi connectivity index (χ4n) is 1.68. The van der Waals surface area contributed by atoms with Crippen LogP contribution in [0.2, 0.25) is 0 Å². The van der Waals surface area contributed by atoms with Gasteiger partial charge in [-0.2, -0.15) is 0 Å². The van der Waals surface area contributed by atoms with Gasteiger partial charge in [0.2, 0.25) is 5.91 Å². The molecule has 0 saturated carbocycles. The van der Waals surface area contributed by atoms with Crippen LogP contribution in [-0.4, -0.2) is 25.2 Å². The number of nitrogen functional groups attached to an aromatic ring is 1. The van der Waals surface area contributed by atoms with E-state index < -0.39 is 0 Å². The number of amides is 1. The number of carbonyl (C=O) groups is 1. The average Bonchev–Trinajstić information content (AvgIpc) is 2.37. The molecule has 0 saturated heterocycles. The smallest absolute Gasteiger partial charge is 0.220 e. The van der Waals surface area contributed by atoms with E-state index in [0.29, 0.717) is 13.0 Å². The monoisotopic (exact) mass is 264 g/mol. The van der Waals surface area contributed by atoms with Crippen LogP contribution in [-0.2, 0) is 9.53 Å². The minimum Gasteiger partial charge on any atom is -0.399 e. The largest absolute Gasteiger partial charge is 0.399 e. The molecule has 0 aliphatic rings. The summed E-state index contributed by atoms with van der Waals surface area (Å²) >= 11 is 0. The van der Waals surface area contributed by atoms with E-state index in [1.54, 1.807) is 7.11 Å². The van der Waals surface area contributed by atoms with E-state index in [4.69, 9.17) is 10.5 Å². The van der Waals surface area contributed by atoms with Crippen molar-refractivity contribution in [1.29, 1.82) is 0 Å². The second-order valence-electron chi connectivity index (χ2n) is 5.51. The molecule has 1 amide bonds. The molecule has 0 bridgehead atoms. The van der Waals surface area contributed by atoms with Crippen molar-refractivity contribution in [2.45, 2.75) is 38.7 Å². The maximum atomic E-state index is 11.9. The molecule has 1 aromatic rings. The van der Waals surface area contributed by atoms with Gasteiger partial charge in [-0.15, -0.1) is 0 Å². The van der Waals surface area contributed by atoms with Crippen LogP contribution in [0.4, 0.5) is 5.69 Å². The Labute approximate surface area is 115 Å². The van der Waals surface area contributed by atoms with Gasteiger partial charge in [-0.1, -0.05) is 19.1 Å². The number of nitrogens with two attached hydrogens (primary N) is 1. The van der Waals surface area contributed by atoms with E-state index >= 15 is 0 Å². The topological polar surface area (TPSA) is 64.3 Å². The molecule has 0 aliphatic heterocycles. The van der Waals surface area contributed by atoms with Crippen LogP contribution in [0.1, 0.15) is 38.7 Å². The van der Waals surface area contributed by atoms with E-state index in [9.17, 15) is 4.79 Å². The zero-order chi connectivity index (χ0) is 14.5. The highest BCUT2D eigenvalue weighted by atomic mass is 16.5. The van der Waals surface area contributed by atoms with Gasteiger partial charge < -0.3 is 15.8 Å². The number of rotatable bonds is 6. The molecule has 0 aliphatic carbocycles. The SMILES string of the molecule is COC(C)(C)CNC(=O)CC(C)c1ccc(N)cc1. The number of methoxy groups -OCH3 is 1. The predicted molar refractivity (Wildman–Crippen MR) is 78.0 cm³/mol. The molecule has 106 valence electrons. The molecule has 19 heavy (non-hydrogen) atoms. The highest BCUT2D eigenvalue weighted by Crippen LogP contribution is 2.20. The predicted octanol–water partition coefficient (Wildman–Crippen LogP) is 2.30. The summed E-state index contributed by atoms with van der Waals surface area (Å²) in [6, 6.07) is 7.65. The van der Waals surface area contributed by atoms with Crippen molar-refractivity contribution < 1.29 is 9.53 Å². The van der Waals surface area contributed by atoms with Crippen LogP contribution >= 0.6 is 0 Å². The summed E-state index contributed by atoms with van der Waals surface area (Å²) in [4.78, 5) is 11.9. The van der Waals surface area contributed by atoms with Crippen molar-refractivity contribution in [1.82, 2.24) is 5.32 Å². The Morgan fingerprint density at radius 1 is 1.37 bits per heavy atom. The molecular weight excluding hydrogens is 240 g/mol. The molecule has 1 unspecified atom stereocenters. The van der Waals surface area contributed by atoms with Crippen molar-refractivity contribution in [3.8, 4) is 0 Å². The maximum Gasteiger partial charge on any atom is 0.220 e. The van der Waals surface area contributed by atoms with Crippen LogP contribution in [0.5, 0.6) is 0 Å². The summed E-state index contributed by atoms with van der Waals surface area (Å²) in [6.45, 7) is 6.43. The molecule has 3 N–H and O–H groups in total. The Kier molecular flexibility index (Phi) is 5.36. The first-order valence-electron chi connectivity index (χ1n) is 6.51. The summed E-state index contributed by atoms with van der Waals surface area (Å²) in [5.41, 5.74) is 7.17. The number of benzene rings is 1. The molecule has 0 aromatic heterocycles. The molecular formula is C15H24N2O2. The Balaban J connectivity index is 2.46. The quantitative estimate of drug-likeness (QED) is 0.775. The van der Waals surface area contributed by atoms with Crippen LogP contribution in [0.15, 0.2) is 24.3 Å². The van der Waals surface area contributed by atoms with Gasteiger partial charge in [-0.05, 0) is 37.5 Å². The standard InChI is InChI=1S/C15H24N2O2/c1-11(12-5-7-13(16)8-6-12)9-14(18)17-10-15(2,3)19-4/h5-8,11H,9-10,16H2,1-4H3,(H,17,18). The molecule has 4 heteroatoms. The number of hydrogen-bond donors (Lipinski definition) is 2. The van der Waals surface area contributed by atoms with Crippen molar-refractivity contribution in [3.63, 3.8) is 0 Å². The Morgan fingerprint density at radius 3 is 2.47 bits per heavy atom. The Morgan fingerprint density at radius 2 is 1.95 bits per heavy atom. The molecule has 0 heterocycles. The lowest BCUT2D eigenvalue weighted by Crippen LogP contribution is -2.40. The van der Waals surface area contributed by atoms with Gasteiger partial charge in [0.25, 0.3) is 0 Å². The zero-order valence-corrected chi connectivity index (χ0v) is 12.2. The summed E-state index contributed by atoms with van der Waals surface area (Å²) in [5.74, 6) is 0.209. The average molecular weight is 264 g/mol. The Hall–Kier alpha value is -1.55. The van der Waals surface area contributed by atoms with Gasteiger partial charge in [0.15, 0.2) is 0 Å². The second-order valence-corrected chi connectivity index (χ2v) is 5.51. The molecule has 1 rings (SSSR count). The zero-order valence-electron chi connectivity index (χ0n) is 12.2. The molecule has 0 radical (unpaired) electrons. The van der Waals surface area contributed by atoms with Crippen LogP contribution in [0.25, 0.3) is 0 Å². The lowest BCUT2D eigenvalue weighted by atomic mass is 9.97. The van der Waals surface area contributed by atoms with E-state index in [-0.39, 0.29) is 17.4 Å². The van der Waals surface area contributed by atoms with E-state index in [1.165, 1.54) is 0 Å². The first-order valence-corrected chi connectivity index (χ1v) is 6.51. The van der Waals surface area contributed by atoms with Gasteiger partial charge >= 0.3 is 0 Å². The van der Waals surface area contributed by atoms with Crippen LogP contribution < -0.4 is 11.1 Å². The van der Waals surface area contributed by atoms with Gasteiger partial charge in [-0.3, -0.25) is 4.79 Å². The van der Waals surface area contributed by atoms with Crippen LogP contribution in [0.3, 0.4) is 0 Å². The number of carbonyl (C=O) groups excluding carboxylic acids is 1. The summed E-state index contributed by atoms with van der Waals surface area (Å²) in [6.07, 6.45) is 0.462. The van der Waals surface area contributed by atoms with Gasteiger partial charge in [-0.25, -0.2) is 0 Å². The second kappa shape index (κ2) is 6.57. The molecule has 0 spiro atoms. The van der Waals surface area contributed by atoms with E-state index in [2.05, 4.69) is 5.32 Å². The van der Waals surface area contributed by atoms with E-state index in [1.807, 2.05) is 45.0 Å². The Bertz CT molecular complexity index is 413.